The Morgan fingerprint density at radius 1 is 0.432 bits per heavy atom. The zero-order chi connectivity index (χ0) is 59.4. The maximum absolute atomic E-state index is 14.2. The Labute approximate surface area is 476 Å². The van der Waals surface area contributed by atoms with Crippen LogP contribution in [-0.4, -0.2) is 125 Å². The molecule has 4 aromatic rings. The summed E-state index contributed by atoms with van der Waals surface area (Å²) in [6.07, 6.45) is 7.14. The second-order valence-corrected chi connectivity index (χ2v) is 19.7. The minimum absolute atomic E-state index is 0.0221. The molecule has 0 saturated carbocycles. The lowest BCUT2D eigenvalue weighted by Gasteiger charge is -2.22. The zero-order valence-electron chi connectivity index (χ0n) is 46.4. The molecule has 0 spiro atoms. The molecule has 4 rings (SSSR count). The Morgan fingerprint density at radius 3 is 1.02 bits per heavy atom. The maximum atomic E-state index is 14.2. The van der Waals surface area contributed by atoms with Gasteiger partial charge in [-0.1, -0.05) is 6.42 Å². The molecule has 0 aliphatic rings. The maximum Gasteiger partial charge on any atom is 0.255 e. The summed E-state index contributed by atoms with van der Waals surface area (Å²) in [5.41, 5.74) is 35.6. The zero-order valence-corrected chi connectivity index (χ0v) is 47.2. The number of thioether (sulfide) groups is 1. The first kappa shape index (κ1) is 65.7. The molecule has 0 aliphatic heterocycles. The first-order chi connectivity index (χ1) is 38.9. The lowest BCUT2D eigenvalue weighted by atomic mass is 10.1. The molecule has 4 atom stereocenters. The summed E-state index contributed by atoms with van der Waals surface area (Å²) in [6, 6.07) is 13.8. The van der Waals surface area contributed by atoms with Gasteiger partial charge in [0.2, 0.25) is 29.5 Å². The molecule has 81 heavy (non-hydrogen) atoms. The highest BCUT2D eigenvalue weighted by Crippen LogP contribution is 2.28. The van der Waals surface area contributed by atoms with Crippen molar-refractivity contribution in [3.63, 3.8) is 0 Å². The number of amides is 8. The second kappa shape index (κ2) is 34.4. The molecule has 0 unspecified atom stereocenters. The number of hydrogen-bond acceptors (Lipinski definition) is 17. The van der Waals surface area contributed by atoms with Gasteiger partial charge in [0.1, 0.15) is 35.4 Å². The fourth-order valence-corrected chi connectivity index (χ4v) is 9.01. The van der Waals surface area contributed by atoms with E-state index < -0.39 is 71.4 Å². The fraction of sp³-hybridized carbons (Fsp3) is 0.429. The van der Waals surface area contributed by atoms with Crippen LogP contribution in [-0.2, 0) is 19.2 Å². The number of carbonyl (C=O) groups excluding carboxylic acids is 8. The van der Waals surface area contributed by atoms with Gasteiger partial charge in [0.05, 0.1) is 49.6 Å². The van der Waals surface area contributed by atoms with E-state index in [2.05, 4.69) is 37.2 Å². The molecule has 8 amide bonds. The number of anilines is 4. The summed E-state index contributed by atoms with van der Waals surface area (Å²) in [5, 5.41) is 19.4. The van der Waals surface area contributed by atoms with Crippen molar-refractivity contribution in [2.24, 2.45) is 34.4 Å². The van der Waals surface area contributed by atoms with Crippen LogP contribution in [0.4, 0.5) is 22.7 Å². The van der Waals surface area contributed by atoms with Crippen LogP contribution in [0.25, 0.3) is 0 Å². The Balaban J connectivity index is 1.55. The van der Waals surface area contributed by atoms with Crippen molar-refractivity contribution in [3.05, 3.63) is 95.1 Å². The van der Waals surface area contributed by atoms with E-state index in [0.717, 1.165) is 0 Å². The number of hydrogen-bond donors (Lipinski definition) is 13. The van der Waals surface area contributed by atoms with Crippen LogP contribution < -0.4 is 85.8 Å². The summed E-state index contributed by atoms with van der Waals surface area (Å²) in [7, 11) is 4.08. The Hall–Kier alpha value is -7.81. The van der Waals surface area contributed by atoms with Gasteiger partial charge in [0, 0.05) is 27.6 Å². The van der Waals surface area contributed by atoms with Gasteiger partial charge >= 0.3 is 0 Å². The summed E-state index contributed by atoms with van der Waals surface area (Å²) in [6.45, 7) is 1.48. The van der Waals surface area contributed by atoms with Crippen molar-refractivity contribution in [1.29, 1.82) is 0 Å². The number of primary amides is 1. The Kier molecular flexibility index (Phi) is 27.9. The smallest absolute Gasteiger partial charge is 0.255 e. The van der Waals surface area contributed by atoms with E-state index in [9.17, 15) is 38.4 Å². The van der Waals surface area contributed by atoms with E-state index >= 15 is 0 Å². The van der Waals surface area contributed by atoms with E-state index in [1.807, 2.05) is 0 Å². The van der Waals surface area contributed by atoms with Gasteiger partial charge in [0.25, 0.3) is 17.7 Å². The molecular weight excluding hydrogens is 1060 g/mol. The van der Waals surface area contributed by atoms with Gasteiger partial charge in [-0.3, -0.25) is 38.4 Å². The molecule has 19 N–H and O–H groups in total. The minimum Gasteiger partial charge on any atom is -0.496 e. The molecular formula is C56H79N13O11S. The van der Waals surface area contributed by atoms with E-state index in [4.69, 9.17) is 48.6 Å². The number of carbonyl (C=O) groups is 8. The van der Waals surface area contributed by atoms with Crippen molar-refractivity contribution in [1.82, 2.24) is 16.0 Å². The van der Waals surface area contributed by atoms with Crippen molar-refractivity contribution < 1.29 is 52.6 Å². The molecule has 0 radical (unpaired) electrons. The second-order valence-electron chi connectivity index (χ2n) is 18.8. The van der Waals surface area contributed by atoms with Gasteiger partial charge in [-0.25, -0.2) is 0 Å². The number of methoxy groups -OCH3 is 3. The predicted molar refractivity (Wildman–Crippen MR) is 314 cm³/mol. The predicted octanol–water partition coefficient (Wildman–Crippen LogP) is 3.53. The topological polar surface area (TPSA) is 405 Å². The van der Waals surface area contributed by atoms with Gasteiger partial charge < -0.3 is 85.8 Å². The standard InChI is InChI=1S/C56H79N13O11S/c1-78-45-21-17-33(63-53(74)41(61)13-5-9-25-57)29-37(45)50(71)67-42(14-6-10-26-58)54(75)64-34-18-22-46(79-2)38(30-34)51(72)68-43(15-7-11-27-59)55(76)65-35-19-23-47(80-3)39(31-35)52(73)69-44(16-8-12-28-60)56(77)66-36-20-24-48(81-4)40(32-36)49(62)70/h17-24,29-32,41-44H,5-16,25-28,57-61H2,1-4H3,(H2,62,70)(H,63,74)(H,64,75)(H,65,76)(H,66,77)(H,67,71)(H,68,72)(H,69,73)/t41-,42-,43-,44-/m0/s1. The average Bonchev–Trinajstić information content (AvgIpc) is 3.46. The van der Waals surface area contributed by atoms with Gasteiger partial charge in [0.15, 0.2) is 0 Å². The SMILES string of the molecule is COc1ccc(NC(=O)[C@H](CCCCN)NC(=O)c2cc(NC(=O)[C@@H](N)CCCCN)ccc2OC)cc1C(=O)N[C@@H](CCCCN)C(=O)Nc1ccc(OC)c(C(=O)N[C@@H](CCCCN)C(=O)Nc2ccc(SC)c(C(N)=O)c2)c1. The summed E-state index contributed by atoms with van der Waals surface area (Å²) >= 11 is 1.32. The van der Waals surface area contributed by atoms with Crippen LogP contribution in [0.1, 0.15) is 118 Å². The molecule has 0 aliphatic carbocycles. The Bertz CT molecular complexity index is 2800. The minimum atomic E-state index is -1.16. The monoisotopic (exact) mass is 1140 g/mol. The van der Waals surface area contributed by atoms with E-state index in [0.29, 0.717) is 94.5 Å². The Morgan fingerprint density at radius 2 is 0.728 bits per heavy atom. The van der Waals surface area contributed by atoms with Crippen LogP contribution in [0, 0.1) is 0 Å². The molecule has 440 valence electrons. The number of nitrogens with one attached hydrogen (secondary N) is 7. The first-order valence-corrected chi connectivity index (χ1v) is 27.9. The summed E-state index contributed by atoms with van der Waals surface area (Å²) < 4.78 is 16.5. The fourth-order valence-electron chi connectivity index (χ4n) is 8.42. The van der Waals surface area contributed by atoms with E-state index in [1.165, 1.54) is 87.7 Å². The number of unbranched alkanes of at least 4 members (excludes halogenated alkanes) is 4. The molecule has 4 aromatic carbocycles. The molecule has 0 saturated heterocycles. The highest BCUT2D eigenvalue weighted by Gasteiger charge is 2.29. The normalized spacial score (nSPS) is 12.4. The van der Waals surface area contributed by atoms with E-state index in [1.54, 1.807) is 24.5 Å². The quantitative estimate of drug-likeness (QED) is 0.0231. The van der Waals surface area contributed by atoms with Crippen LogP contribution in [0.3, 0.4) is 0 Å². The first-order valence-electron chi connectivity index (χ1n) is 26.7. The van der Waals surface area contributed by atoms with Gasteiger partial charge in [-0.15, -0.1) is 11.8 Å². The molecule has 0 aromatic heterocycles. The molecule has 24 nitrogen and oxygen atoms in total. The lowest BCUT2D eigenvalue weighted by Crippen LogP contribution is -2.44. The lowest BCUT2D eigenvalue weighted by molar-refractivity contribution is -0.118. The van der Waals surface area contributed by atoms with Crippen molar-refractivity contribution in [2.45, 2.75) is 106 Å². The van der Waals surface area contributed by atoms with Crippen molar-refractivity contribution in [2.75, 3.05) is 75.0 Å². The largest absolute Gasteiger partial charge is 0.496 e. The third-order valence-electron chi connectivity index (χ3n) is 12.9. The third-order valence-corrected chi connectivity index (χ3v) is 13.7. The third kappa shape index (κ3) is 20.4. The van der Waals surface area contributed by atoms with Crippen molar-refractivity contribution in [3.8, 4) is 17.2 Å². The van der Waals surface area contributed by atoms with Gasteiger partial charge in [-0.2, -0.15) is 0 Å². The number of ether oxygens (including phenoxy) is 3. The molecule has 0 heterocycles. The molecule has 25 heteroatoms. The number of rotatable bonds is 35. The number of nitrogens with two attached hydrogens (primary N) is 6. The molecule has 0 fully saturated rings. The highest BCUT2D eigenvalue weighted by atomic mass is 32.2. The van der Waals surface area contributed by atoms with Crippen LogP contribution >= 0.6 is 11.8 Å². The van der Waals surface area contributed by atoms with Gasteiger partial charge in [-0.05, 0) is 176 Å². The van der Waals surface area contributed by atoms with Crippen molar-refractivity contribution >= 4 is 81.8 Å². The van der Waals surface area contributed by atoms with Crippen LogP contribution in [0.15, 0.2) is 77.7 Å². The van der Waals surface area contributed by atoms with Crippen LogP contribution in [0.5, 0.6) is 17.2 Å². The average molecular weight is 1140 g/mol. The summed E-state index contributed by atoms with van der Waals surface area (Å²) in [4.78, 5) is 110. The van der Waals surface area contributed by atoms with E-state index in [-0.39, 0.29) is 75.8 Å². The summed E-state index contributed by atoms with van der Waals surface area (Å²) in [5.74, 6) is -4.66. The molecule has 0 bridgehead atoms. The number of benzene rings is 4. The highest BCUT2D eigenvalue weighted by molar-refractivity contribution is 7.98. The van der Waals surface area contributed by atoms with Crippen LogP contribution in [0.2, 0.25) is 0 Å².